The van der Waals surface area contributed by atoms with Crippen LogP contribution < -0.4 is 10.2 Å². The third-order valence-corrected chi connectivity index (χ3v) is 2.49. The van der Waals surface area contributed by atoms with Gasteiger partial charge in [0.15, 0.2) is 0 Å². The first-order valence-corrected chi connectivity index (χ1v) is 5.71. The van der Waals surface area contributed by atoms with Crippen molar-refractivity contribution in [2.24, 2.45) is 0 Å². The van der Waals surface area contributed by atoms with E-state index in [1.54, 1.807) is 0 Å². The molecule has 0 heterocycles. The Morgan fingerprint density at radius 2 is 1.88 bits per heavy atom. The van der Waals surface area contributed by atoms with Gasteiger partial charge < -0.3 is 15.1 Å². The predicted molar refractivity (Wildman–Crippen MR) is 71.0 cm³/mol. The second-order valence-electron chi connectivity index (χ2n) is 4.54. The number of hydrogen-bond donors (Lipinski definition) is 1. The minimum atomic E-state index is 0.940. The van der Waals surface area contributed by atoms with Crippen molar-refractivity contribution in [3.8, 4) is 0 Å². The SMILES string of the molecule is CN(C)CCNCc1cccc(N(C)C)c1. The number of rotatable bonds is 6. The Kier molecular flexibility index (Phi) is 5.29. The van der Waals surface area contributed by atoms with E-state index in [2.05, 4.69) is 67.6 Å². The fourth-order valence-electron chi connectivity index (χ4n) is 1.48. The van der Waals surface area contributed by atoms with Gasteiger partial charge in [0.2, 0.25) is 0 Å². The molecule has 1 N–H and O–H groups in total. The molecule has 90 valence electrons. The van der Waals surface area contributed by atoms with Crippen LogP contribution in [0, 0.1) is 0 Å². The number of hydrogen-bond acceptors (Lipinski definition) is 3. The summed E-state index contributed by atoms with van der Waals surface area (Å²) in [6.07, 6.45) is 0. The lowest BCUT2D eigenvalue weighted by atomic mass is 10.2. The first-order valence-electron chi connectivity index (χ1n) is 5.71. The van der Waals surface area contributed by atoms with Crippen molar-refractivity contribution >= 4 is 5.69 Å². The van der Waals surface area contributed by atoms with E-state index in [4.69, 9.17) is 0 Å². The maximum atomic E-state index is 3.44. The molecule has 0 radical (unpaired) electrons. The summed E-state index contributed by atoms with van der Waals surface area (Å²) in [5, 5.41) is 3.44. The van der Waals surface area contributed by atoms with E-state index in [0.717, 1.165) is 19.6 Å². The van der Waals surface area contributed by atoms with E-state index in [9.17, 15) is 0 Å². The smallest absolute Gasteiger partial charge is 0.0364 e. The first-order chi connectivity index (χ1) is 7.59. The highest BCUT2D eigenvalue weighted by atomic mass is 15.1. The average Bonchev–Trinajstić information content (AvgIpc) is 2.24. The zero-order valence-electron chi connectivity index (χ0n) is 10.8. The molecule has 0 aliphatic carbocycles. The zero-order chi connectivity index (χ0) is 12.0. The third kappa shape index (κ3) is 4.64. The molecule has 0 amide bonds. The van der Waals surface area contributed by atoms with Gasteiger partial charge >= 0.3 is 0 Å². The van der Waals surface area contributed by atoms with Crippen molar-refractivity contribution in [2.75, 3.05) is 46.2 Å². The first kappa shape index (κ1) is 13.0. The molecule has 3 nitrogen and oxygen atoms in total. The Balaban J connectivity index is 2.39. The highest BCUT2D eigenvalue weighted by molar-refractivity contribution is 5.47. The van der Waals surface area contributed by atoms with Gasteiger partial charge in [-0.2, -0.15) is 0 Å². The van der Waals surface area contributed by atoms with Crippen molar-refractivity contribution in [2.45, 2.75) is 6.54 Å². The molecule has 0 aliphatic heterocycles. The molecule has 1 rings (SSSR count). The highest BCUT2D eigenvalue weighted by Gasteiger charge is 1.97. The molecule has 0 saturated heterocycles. The number of benzene rings is 1. The lowest BCUT2D eigenvalue weighted by Gasteiger charge is -2.14. The van der Waals surface area contributed by atoms with Crippen molar-refractivity contribution in [3.05, 3.63) is 29.8 Å². The standard InChI is InChI=1S/C13H23N3/c1-15(2)9-8-14-11-12-6-5-7-13(10-12)16(3)4/h5-7,10,14H,8-9,11H2,1-4H3. The lowest BCUT2D eigenvalue weighted by Crippen LogP contribution is -2.26. The average molecular weight is 221 g/mol. The van der Waals surface area contributed by atoms with Gasteiger partial charge in [-0.15, -0.1) is 0 Å². The van der Waals surface area contributed by atoms with Crippen LogP contribution in [0.2, 0.25) is 0 Å². The maximum absolute atomic E-state index is 3.44. The van der Waals surface area contributed by atoms with Crippen LogP contribution in [-0.2, 0) is 6.54 Å². The Morgan fingerprint density at radius 3 is 2.50 bits per heavy atom. The topological polar surface area (TPSA) is 18.5 Å². The van der Waals surface area contributed by atoms with Crippen LogP contribution in [0.5, 0.6) is 0 Å². The van der Waals surface area contributed by atoms with E-state index in [0.29, 0.717) is 0 Å². The van der Waals surface area contributed by atoms with Gasteiger partial charge in [-0.25, -0.2) is 0 Å². The summed E-state index contributed by atoms with van der Waals surface area (Å²) in [5.41, 5.74) is 2.59. The Hall–Kier alpha value is -1.06. The van der Waals surface area contributed by atoms with Gasteiger partial charge in [-0.05, 0) is 31.8 Å². The summed E-state index contributed by atoms with van der Waals surface area (Å²) < 4.78 is 0. The lowest BCUT2D eigenvalue weighted by molar-refractivity contribution is 0.400. The summed E-state index contributed by atoms with van der Waals surface area (Å²) in [4.78, 5) is 4.31. The van der Waals surface area contributed by atoms with Gasteiger partial charge in [0.1, 0.15) is 0 Å². The zero-order valence-corrected chi connectivity index (χ0v) is 10.8. The number of likely N-dealkylation sites (N-methyl/N-ethyl adjacent to an activating group) is 1. The molecule has 3 heteroatoms. The summed E-state index contributed by atoms with van der Waals surface area (Å²) in [6.45, 7) is 3.04. The molecule has 0 fully saturated rings. The van der Waals surface area contributed by atoms with Gasteiger partial charge in [0.25, 0.3) is 0 Å². The molecule has 0 atom stereocenters. The molecule has 0 aliphatic rings. The largest absolute Gasteiger partial charge is 0.378 e. The van der Waals surface area contributed by atoms with Crippen LogP contribution >= 0.6 is 0 Å². The highest BCUT2D eigenvalue weighted by Crippen LogP contribution is 2.12. The minimum absolute atomic E-state index is 0.940. The van der Waals surface area contributed by atoms with E-state index in [-0.39, 0.29) is 0 Å². The molecule has 0 bridgehead atoms. The molecule has 1 aromatic carbocycles. The van der Waals surface area contributed by atoms with Gasteiger partial charge in [0.05, 0.1) is 0 Å². The quantitative estimate of drug-likeness (QED) is 0.733. The van der Waals surface area contributed by atoms with Crippen molar-refractivity contribution in [1.29, 1.82) is 0 Å². The molecule has 0 saturated carbocycles. The van der Waals surface area contributed by atoms with Crippen LogP contribution in [-0.4, -0.2) is 46.2 Å². The number of nitrogens with one attached hydrogen (secondary N) is 1. The molecule has 16 heavy (non-hydrogen) atoms. The van der Waals surface area contributed by atoms with Crippen LogP contribution in [0.15, 0.2) is 24.3 Å². The summed E-state index contributed by atoms with van der Waals surface area (Å²) >= 11 is 0. The van der Waals surface area contributed by atoms with E-state index < -0.39 is 0 Å². The normalized spacial score (nSPS) is 10.8. The second-order valence-corrected chi connectivity index (χ2v) is 4.54. The van der Waals surface area contributed by atoms with E-state index >= 15 is 0 Å². The predicted octanol–water partition coefficient (Wildman–Crippen LogP) is 1.40. The molecule has 1 aromatic rings. The van der Waals surface area contributed by atoms with Gasteiger partial charge in [-0.3, -0.25) is 0 Å². The van der Waals surface area contributed by atoms with Gasteiger partial charge in [0, 0.05) is 39.4 Å². The molecule has 0 spiro atoms. The summed E-state index contributed by atoms with van der Waals surface area (Å²) in [6, 6.07) is 8.62. The molecular formula is C13H23N3. The monoisotopic (exact) mass is 221 g/mol. The van der Waals surface area contributed by atoms with Crippen LogP contribution in [0.3, 0.4) is 0 Å². The van der Waals surface area contributed by atoms with E-state index in [1.807, 2.05) is 0 Å². The number of nitrogens with zero attached hydrogens (tertiary/aromatic N) is 2. The van der Waals surface area contributed by atoms with Crippen LogP contribution in [0.25, 0.3) is 0 Å². The fourth-order valence-corrected chi connectivity index (χ4v) is 1.48. The Bertz CT molecular complexity index is 308. The maximum Gasteiger partial charge on any atom is 0.0364 e. The van der Waals surface area contributed by atoms with E-state index in [1.165, 1.54) is 11.3 Å². The summed E-state index contributed by atoms with van der Waals surface area (Å²) in [5.74, 6) is 0. The fraction of sp³-hybridized carbons (Fsp3) is 0.538. The third-order valence-electron chi connectivity index (χ3n) is 2.49. The Morgan fingerprint density at radius 1 is 1.12 bits per heavy atom. The minimum Gasteiger partial charge on any atom is -0.378 e. The second kappa shape index (κ2) is 6.51. The van der Waals surface area contributed by atoms with Crippen molar-refractivity contribution in [3.63, 3.8) is 0 Å². The number of anilines is 1. The van der Waals surface area contributed by atoms with Crippen molar-refractivity contribution in [1.82, 2.24) is 10.2 Å². The van der Waals surface area contributed by atoms with Crippen LogP contribution in [0.4, 0.5) is 5.69 Å². The summed E-state index contributed by atoms with van der Waals surface area (Å²) in [7, 11) is 8.32. The van der Waals surface area contributed by atoms with Crippen LogP contribution in [0.1, 0.15) is 5.56 Å². The molecule has 0 aromatic heterocycles. The van der Waals surface area contributed by atoms with Gasteiger partial charge in [-0.1, -0.05) is 12.1 Å². The molecule has 0 unspecified atom stereocenters. The van der Waals surface area contributed by atoms with Crippen molar-refractivity contribution < 1.29 is 0 Å². The molecular weight excluding hydrogens is 198 g/mol. The Labute approximate surface area is 99.1 Å².